The molecule has 1 amide bonds. The normalized spacial score (nSPS) is 13.0. The first-order valence-corrected chi connectivity index (χ1v) is 32.6. The van der Waals surface area contributed by atoms with Crippen LogP contribution in [-0.4, -0.2) is 47.4 Å². The highest BCUT2D eigenvalue weighted by Gasteiger charge is 2.18. The van der Waals surface area contributed by atoms with Gasteiger partial charge in [-0.05, 0) is 89.9 Å². The average Bonchev–Trinajstić information content (AvgIpc) is 3.40. The molecule has 0 radical (unpaired) electrons. The largest absolute Gasteiger partial charge is 0.466 e. The molecule has 2 atom stereocenters. The Hall–Kier alpha value is -2.44. The molecule has 0 saturated carbocycles. The van der Waals surface area contributed by atoms with Gasteiger partial charge in [0.1, 0.15) is 0 Å². The molecule has 0 aromatic rings. The Labute approximate surface area is 460 Å². The van der Waals surface area contributed by atoms with Gasteiger partial charge in [-0.2, -0.15) is 0 Å². The maximum absolute atomic E-state index is 12.5. The van der Waals surface area contributed by atoms with Gasteiger partial charge in [0.2, 0.25) is 5.91 Å². The summed E-state index contributed by atoms with van der Waals surface area (Å²) in [5, 5.41) is 23.2. The zero-order chi connectivity index (χ0) is 53.6. The van der Waals surface area contributed by atoms with Crippen LogP contribution in [0, 0.1) is 0 Å². The molecule has 0 aromatic carbocycles. The van der Waals surface area contributed by atoms with Crippen molar-refractivity contribution in [1.82, 2.24) is 5.32 Å². The number of rotatable bonds is 60. The first kappa shape index (κ1) is 71.6. The molecule has 74 heavy (non-hydrogen) atoms. The van der Waals surface area contributed by atoms with Crippen LogP contribution in [0.1, 0.15) is 335 Å². The first-order valence-electron chi connectivity index (χ1n) is 32.6. The van der Waals surface area contributed by atoms with E-state index in [9.17, 15) is 19.8 Å². The summed E-state index contributed by atoms with van der Waals surface area (Å²) in [4.78, 5) is 24.5. The Bertz CT molecular complexity index is 1290. The Kier molecular flexibility index (Phi) is 61.0. The summed E-state index contributed by atoms with van der Waals surface area (Å²) in [6, 6.07) is -0.638. The van der Waals surface area contributed by atoms with Crippen LogP contribution >= 0.6 is 0 Å². The second kappa shape index (κ2) is 63.1. The van der Waals surface area contributed by atoms with Crippen molar-refractivity contribution in [3.8, 4) is 0 Å². The van der Waals surface area contributed by atoms with E-state index >= 15 is 0 Å². The number of hydrogen-bond donors (Lipinski definition) is 3. The molecule has 3 N–H and O–H groups in total. The van der Waals surface area contributed by atoms with E-state index in [1.54, 1.807) is 6.08 Å². The van der Waals surface area contributed by atoms with Crippen LogP contribution in [0.3, 0.4) is 0 Å². The van der Waals surface area contributed by atoms with Crippen LogP contribution in [-0.2, 0) is 14.3 Å². The summed E-state index contributed by atoms with van der Waals surface area (Å²) in [7, 11) is 0. The highest BCUT2D eigenvalue weighted by molar-refractivity contribution is 5.76. The Morgan fingerprint density at radius 3 is 1.08 bits per heavy atom. The van der Waals surface area contributed by atoms with Crippen molar-refractivity contribution < 1.29 is 24.5 Å². The molecule has 432 valence electrons. The summed E-state index contributed by atoms with van der Waals surface area (Å²) in [6.45, 7) is 4.84. The van der Waals surface area contributed by atoms with Gasteiger partial charge in [0, 0.05) is 12.8 Å². The van der Waals surface area contributed by atoms with E-state index in [1.807, 2.05) is 6.08 Å². The zero-order valence-corrected chi connectivity index (χ0v) is 49.3. The number of carbonyl (C=O) groups excluding carboxylic acids is 2. The summed E-state index contributed by atoms with van der Waals surface area (Å²) >= 11 is 0. The van der Waals surface area contributed by atoms with Gasteiger partial charge < -0.3 is 20.3 Å². The minimum atomic E-state index is -0.853. The molecule has 0 aromatic heterocycles. The molecule has 0 aliphatic carbocycles. The van der Waals surface area contributed by atoms with E-state index in [4.69, 9.17) is 4.74 Å². The maximum atomic E-state index is 12.5. The fourth-order valence-electron chi connectivity index (χ4n) is 9.76. The highest BCUT2D eigenvalue weighted by atomic mass is 16.5. The van der Waals surface area contributed by atoms with Gasteiger partial charge in [-0.25, -0.2) is 0 Å². The van der Waals surface area contributed by atoms with Crippen molar-refractivity contribution in [2.24, 2.45) is 0 Å². The van der Waals surface area contributed by atoms with Gasteiger partial charge in [0.25, 0.3) is 0 Å². The van der Waals surface area contributed by atoms with Crippen LogP contribution in [0.15, 0.2) is 60.8 Å². The van der Waals surface area contributed by atoms with Crippen molar-refractivity contribution in [3.63, 3.8) is 0 Å². The fourth-order valence-corrected chi connectivity index (χ4v) is 9.76. The number of unbranched alkanes of at least 4 members (excludes halogenated alkanes) is 41. The summed E-state index contributed by atoms with van der Waals surface area (Å²) < 4.78 is 5.46. The predicted molar refractivity (Wildman–Crippen MR) is 324 cm³/mol. The molecule has 6 heteroatoms. The minimum absolute atomic E-state index is 0.00924. The first-order chi connectivity index (χ1) is 36.5. The molecule has 0 spiro atoms. The van der Waals surface area contributed by atoms with Crippen LogP contribution < -0.4 is 5.32 Å². The van der Waals surface area contributed by atoms with Crippen LogP contribution in [0.2, 0.25) is 0 Å². The number of ether oxygens (including phenoxy) is 1. The smallest absolute Gasteiger partial charge is 0.305 e. The number of aliphatic hydroxyl groups is 2. The topological polar surface area (TPSA) is 95.9 Å². The van der Waals surface area contributed by atoms with E-state index in [0.29, 0.717) is 19.4 Å². The lowest BCUT2D eigenvalue weighted by molar-refractivity contribution is -0.143. The van der Waals surface area contributed by atoms with E-state index in [1.165, 1.54) is 238 Å². The molecule has 6 nitrogen and oxygen atoms in total. The molecule has 0 aliphatic heterocycles. The molecular formula is C68H125NO5. The molecule has 0 rings (SSSR count). The van der Waals surface area contributed by atoms with Crippen LogP contribution in [0.25, 0.3) is 0 Å². The van der Waals surface area contributed by atoms with Gasteiger partial charge in [-0.1, -0.05) is 293 Å². The average molecular weight is 1040 g/mol. The predicted octanol–water partition coefficient (Wildman–Crippen LogP) is 20.7. The molecule has 0 aliphatic rings. The Balaban J connectivity index is 3.49. The van der Waals surface area contributed by atoms with E-state index in [0.717, 1.165) is 70.6 Å². The highest BCUT2D eigenvalue weighted by Crippen LogP contribution is 2.17. The maximum Gasteiger partial charge on any atom is 0.305 e. The lowest BCUT2D eigenvalue weighted by Gasteiger charge is -2.20. The Morgan fingerprint density at radius 1 is 0.378 bits per heavy atom. The SMILES string of the molecule is CCC/C=C\C/C=C\CCCCCCCC(=O)OCCCCCCCCCCC/C=C\C/C=C\CCCCCCCCCC(=O)NC(CO)C(O)/C=C/CCCCCCCCCCCCCCCCCCCCC. The van der Waals surface area contributed by atoms with Crippen molar-refractivity contribution >= 4 is 11.9 Å². The number of esters is 1. The third-order valence-corrected chi connectivity index (χ3v) is 14.7. The number of amides is 1. The van der Waals surface area contributed by atoms with E-state index in [-0.39, 0.29) is 18.5 Å². The molecule has 0 heterocycles. The monoisotopic (exact) mass is 1040 g/mol. The molecule has 0 saturated heterocycles. The second-order valence-electron chi connectivity index (χ2n) is 22.1. The number of allylic oxidation sites excluding steroid dienone is 9. The lowest BCUT2D eigenvalue weighted by atomic mass is 10.0. The van der Waals surface area contributed by atoms with E-state index in [2.05, 4.69) is 67.8 Å². The van der Waals surface area contributed by atoms with Gasteiger partial charge >= 0.3 is 5.97 Å². The lowest BCUT2D eigenvalue weighted by Crippen LogP contribution is -2.45. The number of nitrogens with one attached hydrogen (secondary N) is 1. The molecular weight excluding hydrogens is 911 g/mol. The summed E-state index contributed by atoms with van der Waals surface area (Å²) in [5.41, 5.74) is 0. The number of aliphatic hydroxyl groups excluding tert-OH is 2. The van der Waals surface area contributed by atoms with Crippen molar-refractivity contribution in [2.45, 2.75) is 347 Å². The molecule has 0 fully saturated rings. The van der Waals surface area contributed by atoms with Crippen LogP contribution in [0.5, 0.6) is 0 Å². The quantitative estimate of drug-likeness (QED) is 0.0320. The Morgan fingerprint density at radius 2 is 0.703 bits per heavy atom. The zero-order valence-electron chi connectivity index (χ0n) is 49.3. The van der Waals surface area contributed by atoms with Crippen molar-refractivity contribution in [2.75, 3.05) is 13.2 Å². The van der Waals surface area contributed by atoms with Gasteiger partial charge in [-0.15, -0.1) is 0 Å². The standard InChI is InChI=1S/C68H125NO5/c1-3-5-7-9-11-13-15-17-18-19-20-24-27-30-33-37-40-44-48-52-56-60-66(71)65(64-70)69-67(72)61-57-53-49-45-41-38-34-31-28-25-22-21-23-26-29-32-35-39-43-47-51-55-59-63-74-68(73)62-58-54-50-46-42-36-16-14-12-10-8-6-4-2/h8,10,14,16,21,23,25,28,56,60,65-66,70-71H,3-7,9,11-13,15,17-20,22,24,26-27,29-55,57-59,61-64H2,1-2H3,(H,69,72)/b10-8-,16-14-,23-21-,28-25-,60-56+. The van der Waals surface area contributed by atoms with Gasteiger partial charge in [-0.3, -0.25) is 9.59 Å². The molecule has 2 unspecified atom stereocenters. The summed E-state index contributed by atoms with van der Waals surface area (Å²) in [6.07, 6.45) is 82.7. The second-order valence-corrected chi connectivity index (χ2v) is 22.1. The third kappa shape index (κ3) is 58.8. The fraction of sp³-hybridized carbons (Fsp3) is 0.824. The number of hydrogen-bond acceptors (Lipinski definition) is 5. The van der Waals surface area contributed by atoms with Gasteiger partial charge in [0.15, 0.2) is 0 Å². The number of carbonyl (C=O) groups is 2. The van der Waals surface area contributed by atoms with Crippen molar-refractivity contribution in [1.29, 1.82) is 0 Å². The summed E-state index contributed by atoms with van der Waals surface area (Å²) in [5.74, 6) is -0.0860. The van der Waals surface area contributed by atoms with Crippen molar-refractivity contribution in [3.05, 3.63) is 60.8 Å². The van der Waals surface area contributed by atoms with E-state index < -0.39 is 12.1 Å². The minimum Gasteiger partial charge on any atom is -0.466 e. The van der Waals surface area contributed by atoms with Gasteiger partial charge in [0.05, 0.1) is 25.4 Å². The molecule has 0 bridgehead atoms. The van der Waals surface area contributed by atoms with Crippen LogP contribution in [0.4, 0.5) is 0 Å². The third-order valence-electron chi connectivity index (χ3n) is 14.7.